The number of hydrogen-bond donors (Lipinski definition) is 0. The van der Waals surface area contributed by atoms with Crippen LogP contribution in [0.1, 0.15) is 40.9 Å². The summed E-state index contributed by atoms with van der Waals surface area (Å²) < 4.78 is 43.8. The van der Waals surface area contributed by atoms with Gasteiger partial charge in [0.05, 0.1) is 30.7 Å². The van der Waals surface area contributed by atoms with Crippen LogP contribution in [-0.2, 0) is 34.2 Å². The standard InChI is InChI=1S/C34H41FN4O5S/c1-25-20-36(22-27-7-5-4-6-8-27)21-26(2)38(25)23-28-9-13-31(14-10-28)39(34(41)37-15-17-45(42,43)18-16-37)24-30-12-11-29(19-32(30)35)33(40)44-3/h4-14,19,25-26H,15-18,20-24H2,1-3H3/t25-,26+. The predicted octanol–water partition coefficient (Wildman–Crippen LogP) is 4.56. The van der Waals surface area contributed by atoms with Crippen LogP contribution in [0.2, 0.25) is 0 Å². The molecule has 2 heterocycles. The molecule has 2 amide bonds. The van der Waals surface area contributed by atoms with Gasteiger partial charge in [-0.15, -0.1) is 0 Å². The molecule has 9 nitrogen and oxygen atoms in total. The van der Waals surface area contributed by atoms with Gasteiger partial charge in [0.15, 0.2) is 9.84 Å². The first-order chi connectivity index (χ1) is 21.5. The Balaban J connectivity index is 1.31. The van der Waals surface area contributed by atoms with E-state index in [-0.39, 0.29) is 42.3 Å². The Labute approximate surface area is 265 Å². The van der Waals surface area contributed by atoms with Crippen molar-refractivity contribution in [2.45, 2.75) is 45.6 Å². The molecule has 11 heteroatoms. The second-order valence-electron chi connectivity index (χ2n) is 12.0. The Morgan fingerprint density at radius 3 is 2.11 bits per heavy atom. The normalized spacial score (nSPS) is 20.5. The van der Waals surface area contributed by atoms with Gasteiger partial charge in [0.2, 0.25) is 0 Å². The third-order valence-electron chi connectivity index (χ3n) is 8.69. The smallest absolute Gasteiger partial charge is 0.337 e. The number of halogens is 1. The number of methoxy groups -OCH3 is 1. The molecule has 0 aromatic heterocycles. The van der Waals surface area contributed by atoms with Gasteiger partial charge in [-0.2, -0.15) is 0 Å². The summed E-state index contributed by atoms with van der Waals surface area (Å²) in [5, 5.41) is 0. The van der Waals surface area contributed by atoms with E-state index < -0.39 is 27.7 Å². The highest BCUT2D eigenvalue weighted by molar-refractivity contribution is 7.91. The van der Waals surface area contributed by atoms with Gasteiger partial charge in [0, 0.05) is 62.6 Å². The Hall–Kier alpha value is -3.80. The summed E-state index contributed by atoms with van der Waals surface area (Å²) in [6.07, 6.45) is 0. The molecule has 2 aliphatic heterocycles. The molecular weight excluding hydrogens is 595 g/mol. The van der Waals surface area contributed by atoms with Gasteiger partial charge in [0.1, 0.15) is 5.82 Å². The van der Waals surface area contributed by atoms with E-state index in [1.54, 1.807) is 0 Å². The monoisotopic (exact) mass is 636 g/mol. The van der Waals surface area contributed by atoms with Gasteiger partial charge in [0.25, 0.3) is 0 Å². The minimum atomic E-state index is -3.19. The number of ether oxygens (including phenoxy) is 1. The number of piperazine rings is 1. The van der Waals surface area contributed by atoms with E-state index in [1.807, 2.05) is 30.3 Å². The molecule has 0 N–H and O–H groups in total. The van der Waals surface area contributed by atoms with Crippen LogP contribution >= 0.6 is 0 Å². The number of carbonyl (C=O) groups is 2. The maximum absolute atomic E-state index is 15.1. The Kier molecular flexibility index (Phi) is 10.2. The van der Waals surface area contributed by atoms with Crippen LogP contribution in [-0.4, -0.2) is 92.0 Å². The lowest BCUT2D eigenvalue weighted by Gasteiger charge is -2.44. The zero-order valence-electron chi connectivity index (χ0n) is 26.1. The molecule has 2 atom stereocenters. The number of esters is 1. The number of amides is 2. The number of rotatable bonds is 8. The molecule has 0 unspecified atom stereocenters. The van der Waals surface area contributed by atoms with Gasteiger partial charge in [-0.1, -0.05) is 48.5 Å². The van der Waals surface area contributed by atoms with Crippen LogP contribution in [0.4, 0.5) is 14.9 Å². The average Bonchev–Trinajstić information content (AvgIpc) is 3.02. The van der Waals surface area contributed by atoms with Crippen molar-refractivity contribution < 1.29 is 27.1 Å². The molecule has 240 valence electrons. The number of benzene rings is 3. The van der Waals surface area contributed by atoms with Crippen molar-refractivity contribution in [3.8, 4) is 0 Å². The minimum Gasteiger partial charge on any atom is -0.465 e. The lowest BCUT2D eigenvalue weighted by molar-refractivity contribution is 0.0290. The highest BCUT2D eigenvalue weighted by Gasteiger charge is 2.31. The summed E-state index contributed by atoms with van der Waals surface area (Å²) in [7, 11) is -1.97. The third kappa shape index (κ3) is 8.08. The molecule has 2 saturated heterocycles. The van der Waals surface area contributed by atoms with Crippen molar-refractivity contribution >= 4 is 27.5 Å². The molecule has 2 aliphatic rings. The van der Waals surface area contributed by atoms with Gasteiger partial charge < -0.3 is 9.64 Å². The average molecular weight is 637 g/mol. The molecule has 3 aromatic carbocycles. The van der Waals surface area contributed by atoms with E-state index in [1.165, 1.54) is 34.6 Å². The van der Waals surface area contributed by atoms with Crippen molar-refractivity contribution in [3.63, 3.8) is 0 Å². The van der Waals surface area contributed by atoms with E-state index >= 15 is 4.39 Å². The van der Waals surface area contributed by atoms with Crippen LogP contribution in [0, 0.1) is 5.82 Å². The van der Waals surface area contributed by atoms with Crippen LogP contribution in [0.25, 0.3) is 0 Å². The first-order valence-electron chi connectivity index (χ1n) is 15.3. The summed E-state index contributed by atoms with van der Waals surface area (Å²) in [6.45, 7) is 8.17. The summed E-state index contributed by atoms with van der Waals surface area (Å²) in [5.74, 6) is -1.51. The molecule has 0 spiro atoms. The molecule has 3 aromatic rings. The lowest BCUT2D eigenvalue weighted by atomic mass is 10.0. The maximum atomic E-state index is 15.1. The van der Waals surface area contributed by atoms with Crippen molar-refractivity contribution in [2.24, 2.45) is 0 Å². The number of nitrogens with zero attached hydrogens (tertiary/aromatic N) is 4. The summed E-state index contributed by atoms with van der Waals surface area (Å²) in [6, 6.07) is 22.5. The summed E-state index contributed by atoms with van der Waals surface area (Å²) >= 11 is 0. The molecule has 0 saturated carbocycles. The Bertz CT molecular complexity index is 1580. The summed E-state index contributed by atoms with van der Waals surface area (Å²) in [5.41, 5.74) is 3.28. The maximum Gasteiger partial charge on any atom is 0.337 e. The topological polar surface area (TPSA) is 90.5 Å². The fourth-order valence-corrected chi connectivity index (χ4v) is 7.38. The second kappa shape index (κ2) is 14.1. The fourth-order valence-electron chi connectivity index (χ4n) is 6.18. The molecular formula is C34H41FN4O5S. The third-order valence-corrected chi connectivity index (χ3v) is 10.3. The predicted molar refractivity (Wildman–Crippen MR) is 172 cm³/mol. The number of hydrogen-bond acceptors (Lipinski definition) is 7. The van der Waals surface area contributed by atoms with Crippen LogP contribution < -0.4 is 4.90 Å². The van der Waals surface area contributed by atoms with Gasteiger partial charge in [-0.25, -0.2) is 22.4 Å². The largest absolute Gasteiger partial charge is 0.465 e. The van der Waals surface area contributed by atoms with Gasteiger partial charge in [-0.05, 0) is 49.2 Å². The van der Waals surface area contributed by atoms with Crippen LogP contribution in [0.5, 0.6) is 0 Å². The van der Waals surface area contributed by atoms with E-state index in [4.69, 9.17) is 4.74 Å². The molecule has 0 radical (unpaired) electrons. The quantitative estimate of drug-likeness (QED) is 0.335. The molecule has 45 heavy (non-hydrogen) atoms. The second-order valence-corrected chi connectivity index (χ2v) is 14.3. The first-order valence-corrected chi connectivity index (χ1v) is 17.1. The zero-order valence-corrected chi connectivity index (χ0v) is 26.9. The highest BCUT2D eigenvalue weighted by Crippen LogP contribution is 2.25. The number of sulfone groups is 1. The Morgan fingerprint density at radius 1 is 0.889 bits per heavy atom. The molecule has 5 rings (SSSR count). The fraction of sp³-hybridized carbons (Fsp3) is 0.412. The number of urea groups is 1. The van der Waals surface area contributed by atoms with E-state index in [0.717, 1.165) is 37.8 Å². The number of anilines is 1. The molecule has 2 fully saturated rings. The SMILES string of the molecule is COC(=O)c1ccc(CN(C(=O)N2CCS(=O)(=O)CC2)c2ccc(CN3[C@H](C)CN(Cc4ccccc4)C[C@@H]3C)cc2)c(F)c1. The van der Waals surface area contributed by atoms with Crippen molar-refractivity contribution in [2.75, 3.05) is 49.7 Å². The van der Waals surface area contributed by atoms with Gasteiger partial charge in [-0.3, -0.25) is 14.7 Å². The van der Waals surface area contributed by atoms with Crippen LogP contribution in [0.3, 0.4) is 0 Å². The summed E-state index contributed by atoms with van der Waals surface area (Å²) in [4.78, 5) is 33.6. The van der Waals surface area contributed by atoms with E-state index in [2.05, 4.69) is 47.9 Å². The van der Waals surface area contributed by atoms with Crippen molar-refractivity contribution in [1.82, 2.24) is 14.7 Å². The minimum absolute atomic E-state index is 0.0749. The number of carbonyl (C=O) groups excluding carboxylic acids is 2. The van der Waals surface area contributed by atoms with Crippen molar-refractivity contribution in [3.05, 3.63) is 101 Å². The highest BCUT2D eigenvalue weighted by atomic mass is 32.2. The van der Waals surface area contributed by atoms with E-state index in [0.29, 0.717) is 17.8 Å². The van der Waals surface area contributed by atoms with Gasteiger partial charge >= 0.3 is 12.0 Å². The lowest BCUT2D eigenvalue weighted by Crippen LogP contribution is -2.55. The zero-order chi connectivity index (χ0) is 32.1. The van der Waals surface area contributed by atoms with Crippen molar-refractivity contribution in [1.29, 1.82) is 0 Å². The molecule has 0 bridgehead atoms. The first kappa shape index (κ1) is 32.6. The Morgan fingerprint density at radius 2 is 1.51 bits per heavy atom. The van der Waals surface area contributed by atoms with Crippen LogP contribution in [0.15, 0.2) is 72.8 Å². The molecule has 0 aliphatic carbocycles. The van der Waals surface area contributed by atoms with E-state index in [9.17, 15) is 18.0 Å².